The fraction of sp³-hybridized carbons (Fsp3) is 0.0476. The third kappa shape index (κ3) is 3.22. The first kappa shape index (κ1) is 16.3. The van der Waals surface area contributed by atoms with Crippen LogP contribution in [0.5, 0.6) is 0 Å². The molecule has 0 bridgehead atoms. The second kappa shape index (κ2) is 7.33. The summed E-state index contributed by atoms with van der Waals surface area (Å²) in [7, 11) is -0.481. The summed E-state index contributed by atoms with van der Waals surface area (Å²) in [6.45, 7) is 0. The van der Waals surface area contributed by atoms with E-state index in [0.29, 0.717) is 5.66 Å². The summed E-state index contributed by atoms with van der Waals surface area (Å²) in [5.74, 6) is 0. The van der Waals surface area contributed by atoms with Gasteiger partial charge in [-0.15, -0.1) is 11.6 Å². The van der Waals surface area contributed by atoms with Crippen LogP contribution in [-0.2, 0) is 0 Å². The van der Waals surface area contributed by atoms with Crippen LogP contribution in [0, 0.1) is 6.08 Å². The SMILES string of the molecule is [C-]1=Cc2ccccc2C1P(c1ccccc1)c1ccccc1.[Li+]. The molecule has 3 aromatic rings. The summed E-state index contributed by atoms with van der Waals surface area (Å²) in [5.41, 5.74) is 3.06. The van der Waals surface area contributed by atoms with Crippen LogP contribution < -0.4 is 29.5 Å². The fourth-order valence-corrected chi connectivity index (χ4v) is 5.61. The van der Waals surface area contributed by atoms with E-state index in [1.807, 2.05) is 0 Å². The van der Waals surface area contributed by atoms with Gasteiger partial charge >= 0.3 is 18.9 Å². The minimum Gasteiger partial charge on any atom is -0.263 e. The van der Waals surface area contributed by atoms with Crippen LogP contribution in [0.2, 0.25) is 0 Å². The summed E-state index contributed by atoms with van der Waals surface area (Å²) >= 11 is 0. The van der Waals surface area contributed by atoms with Crippen LogP contribution in [0.1, 0.15) is 16.8 Å². The van der Waals surface area contributed by atoms with Gasteiger partial charge in [0.2, 0.25) is 0 Å². The van der Waals surface area contributed by atoms with Crippen LogP contribution in [0.3, 0.4) is 0 Å². The molecule has 0 fully saturated rings. The van der Waals surface area contributed by atoms with Crippen molar-refractivity contribution < 1.29 is 18.9 Å². The molecule has 3 aromatic carbocycles. The van der Waals surface area contributed by atoms with Crippen LogP contribution in [0.25, 0.3) is 6.08 Å². The van der Waals surface area contributed by atoms with E-state index < -0.39 is 7.92 Å². The molecule has 0 amide bonds. The van der Waals surface area contributed by atoms with Gasteiger partial charge in [-0.3, -0.25) is 6.08 Å². The molecule has 0 N–H and O–H groups in total. The average Bonchev–Trinajstić information content (AvgIpc) is 3.01. The molecule has 106 valence electrons. The minimum absolute atomic E-state index is 0. The molecule has 1 unspecified atom stereocenters. The van der Waals surface area contributed by atoms with E-state index in [4.69, 9.17) is 0 Å². The number of fused-ring (bicyclic) bond motifs is 1. The van der Waals surface area contributed by atoms with E-state index in [1.54, 1.807) is 0 Å². The zero-order valence-electron chi connectivity index (χ0n) is 13.2. The third-order valence-electron chi connectivity index (χ3n) is 4.01. The normalized spacial score (nSPS) is 15.3. The Hall–Kier alpha value is -1.57. The van der Waals surface area contributed by atoms with Gasteiger partial charge in [0.25, 0.3) is 0 Å². The van der Waals surface area contributed by atoms with Gasteiger partial charge < -0.3 is 0 Å². The topological polar surface area (TPSA) is 0 Å². The molecule has 2 heteroatoms. The van der Waals surface area contributed by atoms with E-state index in [1.165, 1.54) is 21.7 Å². The maximum atomic E-state index is 3.62. The average molecular weight is 306 g/mol. The van der Waals surface area contributed by atoms with E-state index >= 15 is 0 Å². The summed E-state index contributed by atoms with van der Waals surface area (Å²) in [4.78, 5) is 0. The number of hydrogen-bond acceptors (Lipinski definition) is 0. The van der Waals surface area contributed by atoms with E-state index in [-0.39, 0.29) is 18.9 Å². The molecule has 23 heavy (non-hydrogen) atoms. The molecule has 1 aliphatic carbocycles. The zero-order valence-corrected chi connectivity index (χ0v) is 14.1. The predicted octanol–water partition coefficient (Wildman–Crippen LogP) is 1.69. The van der Waals surface area contributed by atoms with Crippen molar-refractivity contribution in [2.45, 2.75) is 5.66 Å². The van der Waals surface area contributed by atoms with Gasteiger partial charge in [-0.05, 0) is 10.6 Å². The Morgan fingerprint density at radius 1 is 0.652 bits per heavy atom. The Labute approximate surface area is 151 Å². The zero-order chi connectivity index (χ0) is 14.8. The molecule has 1 atom stereocenters. The van der Waals surface area contributed by atoms with Crippen molar-refractivity contribution >= 4 is 24.6 Å². The molecule has 0 spiro atoms. The Kier molecular flexibility index (Phi) is 5.19. The predicted molar refractivity (Wildman–Crippen MR) is 96.0 cm³/mol. The molecule has 0 aromatic heterocycles. The maximum absolute atomic E-state index is 3.62. The van der Waals surface area contributed by atoms with Crippen molar-refractivity contribution in [3.63, 3.8) is 0 Å². The molecule has 0 aliphatic heterocycles. The van der Waals surface area contributed by atoms with Crippen LogP contribution in [0.15, 0.2) is 84.9 Å². The van der Waals surface area contributed by atoms with Gasteiger partial charge in [0.05, 0.1) is 0 Å². The van der Waals surface area contributed by atoms with Crippen molar-refractivity contribution in [1.29, 1.82) is 0 Å². The minimum atomic E-state index is -0.481. The Morgan fingerprint density at radius 3 is 1.78 bits per heavy atom. The molecular weight excluding hydrogens is 290 g/mol. The molecule has 0 radical (unpaired) electrons. The number of hydrogen-bond donors (Lipinski definition) is 0. The van der Waals surface area contributed by atoms with E-state index in [0.717, 1.165) is 0 Å². The van der Waals surface area contributed by atoms with Crippen LogP contribution >= 0.6 is 7.92 Å². The quantitative estimate of drug-likeness (QED) is 0.392. The van der Waals surface area contributed by atoms with Gasteiger partial charge in [-0.1, -0.05) is 92.4 Å². The molecule has 0 heterocycles. The van der Waals surface area contributed by atoms with E-state index in [2.05, 4.69) is 97.1 Å². The largest absolute Gasteiger partial charge is 1.00 e. The van der Waals surface area contributed by atoms with Crippen molar-refractivity contribution in [2.75, 3.05) is 0 Å². The first-order valence-corrected chi connectivity index (χ1v) is 8.92. The standard InChI is InChI=1S/C21H16P.Li/c1-3-10-18(11-4-1)22(19-12-5-2-6-13-19)21-16-15-17-9-7-8-14-20(17)21;/h1-15,21H;/q-1;+1. The second-order valence-corrected chi connectivity index (χ2v) is 7.67. The molecule has 1 aliphatic rings. The first-order chi connectivity index (χ1) is 10.9. The summed E-state index contributed by atoms with van der Waals surface area (Å²) in [5, 5.41) is 2.82. The fourth-order valence-electron chi connectivity index (χ4n) is 2.99. The van der Waals surface area contributed by atoms with E-state index in [9.17, 15) is 0 Å². The molecular formula is C21H16LiP. The van der Waals surface area contributed by atoms with Gasteiger partial charge in [-0.25, -0.2) is 6.08 Å². The first-order valence-electron chi connectivity index (χ1n) is 7.51. The molecule has 0 saturated carbocycles. The second-order valence-electron chi connectivity index (χ2n) is 5.38. The van der Waals surface area contributed by atoms with Gasteiger partial charge in [0.1, 0.15) is 0 Å². The van der Waals surface area contributed by atoms with Crippen molar-refractivity contribution in [2.24, 2.45) is 0 Å². The number of allylic oxidation sites excluding steroid dienone is 1. The molecule has 4 rings (SSSR count). The van der Waals surface area contributed by atoms with Gasteiger partial charge in [0, 0.05) is 0 Å². The molecule has 0 saturated heterocycles. The Bertz CT molecular complexity index is 757. The molecule has 0 nitrogen and oxygen atoms in total. The van der Waals surface area contributed by atoms with Crippen molar-refractivity contribution in [3.8, 4) is 0 Å². The van der Waals surface area contributed by atoms with Crippen molar-refractivity contribution in [3.05, 3.63) is 102 Å². The summed E-state index contributed by atoms with van der Waals surface area (Å²) in [6, 6.07) is 30.4. The smallest absolute Gasteiger partial charge is 0.263 e. The summed E-state index contributed by atoms with van der Waals surface area (Å²) in [6.07, 6.45) is 5.78. The number of benzene rings is 3. The van der Waals surface area contributed by atoms with Crippen LogP contribution in [-0.4, -0.2) is 0 Å². The Balaban J connectivity index is 0.00000156. The number of rotatable bonds is 3. The monoisotopic (exact) mass is 306 g/mol. The maximum Gasteiger partial charge on any atom is 1.00 e. The Morgan fingerprint density at radius 2 is 1.17 bits per heavy atom. The summed E-state index contributed by atoms with van der Waals surface area (Å²) < 4.78 is 0. The third-order valence-corrected chi connectivity index (χ3v) is 6.67. The van der Waals surface area contributed by atoms with Crippen molar-refractivity contribution in [1.82, 2.24) is 0 Å². The van der Waals surface area contributed by atoms with Gasteiger partial charge in [-0.2, -0.15) is 5.56 Å². The van der Waals surface area contributed by atoms with Gasteiger partial charge in [0.15, 0.2) is 0 Å². The van der Waals surface area contributed by atoms with Crippen LogP contribution in [0.4, 0.5) is 0 Å².